The lowest BCUT2D eigenvalue weighted by Crippen LogP contribution is -2.31. The highest BCUT2D eigenvalue weighted by molar-refractivity contribution is 5.00. The van der Waals surface area contributed by atoms with Gasteiger partial charge in [0.05, 0.1) is 0 Å². The van der Waals surface area contributed by atoms with E-state index < -0.39 is 0 Å². The fraction of sp³-hybridized carbons (Fsp3) is 0.846. The molecule has 2 aliphatic heterocycles. The minimum Gasteiger partial charge on any atom is -0.327 e. The van der Waals surface area contributed by atoms with E-state index in [1.165, 1.54) is 25.9 Å². The van der Waals surface area contributed by atoms with Crippen LogP contribution in [0, 0.1) is 5.92 Å². The number of likely N-dealkylation sites (tertiary alicyclic amines) is 1. The Kier molecular flexibility index (Phi) is 3.35. The van der Waals surface area contributed by atoms with Crippen molar-refractivity contribution in [2.24, 2.45) is 11.7 Å². The highest BCUT2D eigenvalue weighted by Gasteiger charge is 2.22. The first kappa shape index (κ1) is 12.1. The van der Waals surface area contributed by atoms with Gasteiger partial charge in [-0.2, -0.15) is 5.10 Å². The minimum atomic E-state index is 0.276. The van der Waals surface area contributed by atoms with Crippen LogP contribution in [0.2, 0.25) is 0 Å². The number of hydrogen-bond acceptors (Lipinski definition) is 4. The molecule has 1 fully saturated rings. The summed E-state index contributed by atoms with van der Waals surface area (Å²) in [4.78, 5) is 7.08. The van der Waals surface area contributed by atoms with E-state index in [0.29, 0.717) is 0 Å². The van der Waals surface area contributed by atoms with E-state index in [1.807, 2.05) is 0 Å². The monoisotopic (exact) mass is 249 g/mol. The van der Waals surface area contributed by atoms with Crippen LogP contribution in [0.25, 0.3) is 0 Å². The number of fused-ring (bicyclic) bond motifs is 1. The molecule has 0 amide bonds. The van der Waals surface area contributed by atoms with Crippen LogP contribution in [0.1, 0.15) is 30.9 Å². The molecule has 0 bridgehead atoms. The van der Waals surface area contributed by atoms with E-state index >= 15 is 0 Å². The number of hydrogen-bond donors (Lipinski definition) is 1. The molecule has 1 aromatic rings. The van der Waals surface area contributed by atoms with Crippen molar-refractivity contribution in [3.05, 3.63) is 11.6 Å². The van der Waals surface area contributed by atoms with Gasteiger partial charge in [-0.15, -0.1) is 0 Å². The van der Waals surface area contributed by atoms with Gasteiger partial charge in [0.1, 0.15) is 5.82 Å². The van der Waals surface area contributed by atoms with Crippen molar-refractivity contribution in [2.45, 2.75) is 44.7 Å². The van der Waals surface area contributed by atoms with Crippen LogP contribution >= 0.6 is 0 Å². The Balaban J connectivity index is 1.63. The fourth-order valence-corrected chi connectivity index (χ4v) is 2.99. The summed E-state index contributed by atoms with van der Waals surface area (Å²) >= 11 is 0. The number of rotatable bonds is 2. The second kappa shape index (κ2) is 4.97. The predicted octanol–water partition coefficient (Wildman–Crippen LogP) is 0.436. The summed E-state index contributed by atoms with van der Waals surface area (Å²) in [5.41, 5.74) is 5.97. The van der Waals surface area contributed by atoms with Gasteiger partial charge in [0.2, 0.25) is 0 Å². The Morgan fingerprint density at radius 3 is 2.78 bits per heavy atom. The van der Waals surface area contributed by atoms with E-state index in [2.05, 4.69) is 26.7 Å². The van der Waals surface area contributed by atoms with Crippen molar-refractivity contribution in [1.82, 2.24) is 19.7 Å². The zero-order valence-corrected chi connectivity index (χ0v) is 11.2. The van der Waals surface area contributed by atoms with Crippen LogP contribution in [0.15, 0.2) is 0 Å². The van der Waals surface area contributed by atoms with Crippen LogP contribution in [0.3, 0.4) is 0 Å². The SMILES string of the molecule is CN1CCC(Cc2nc3n(n2)CCC(N)C3)CC1. The van der Waals surface area contributed by atoms with Crippen molar-refractivity contribution in [3.63, 3.8) is 0 Å². The number of aromatic nitrogens is 3. The molecule has 3 heterocycles. The van der Waals surface area contributed by atoms with Gasteiger partial charge in [0.25, 0.3) is 0 Å². The first-order valence-electron chi connectivity index (χ1n) is 7.07. The molecule has 0 aliphatic carbocycles. The average molecular weight is 249 g/mol. The van der Waals surface area contributed by atoms with Crippen LogP contribution in [0.5, 0.6) is 0 Å². The molecule has 100 valence electrons. The number of piperidine rings is 1. The summed E-state index contributed by atoms with van der Waals surface area (Å²) in [5, 5.41) is 4.63. The number of nitrogens with two attached hydrogens (primary N) is 1. The normalized spacial score (nSPS) is 26.2. The van der Waals surface area contributed by atoms with E-state index in [1.54, 1.807) is 0 Å². The zero-order valence-electron chi connectivity index (χ0n) is 11.2. The summed E-state index contributed by atoms with van der Waals surface area (Å²) < 4.78 is 2.06. The van der Waals surface area contributed by atoms with Gasteiger partial charge in [0.15, 0.2) is 5.82 Å². The van der Waals surface area contributed by atoms with Gasteiger partial charge in [-0.1, -0.05) is 0 Å². The largest absolute Gasteiger partial charge is 0.327 e. The second-order valence-electron chi connectivity index (χ2n) is 5.87. The summed E-state index contributed by atoms with van der Waals surface area (Å²) in [5.74, 6) is 2.89. The van der Waals surface area contributed by atoms with Crippen molar-refractivity contribution in [1.29, 1.82) is 0 Å². The molecule has 0 saturated carbocycles. The first-order valence-corrected chi connectivity index (χ1v) is 7.07. The third kappa shape index (κ3) is 2.57. The molecule has 0 aromatic carbocycles. The molecular formula is C13H23N5. The quantitative estimate of drug-likeness (QED) is 0.826. The van der Waals surface area contributed by atoms with Crippen LogP contribution in [-0.2, 0) is 19.4 Å². The van der Waals surface area contributed by atoms with Crippen molar-refractivity contribution in [2.75, 3.05) is 20.1 Å². The molecule has 2 N–H and O–H groups in total. The molecule has 5 heteroatoms. The lowest BCUT2D eigenvalue weighted by atomic mass is 9.94. The Morgan fingerprint density at radius 1 is 1.22 bits per heavy atom. The highest BCUT2D eigenvalue weighted by atomic mass is 15.4. The minimum absolute atomic E-state index is 0.276. The summed E-state index contributed by atoms with van der Waals surface area (Å²) in [7, 11) is 2.20. The maximum Gasteiger partial charge on any atom is 0.151 e. The summed E-state index contributed by atoms with van der Waals surface area (Å²) in [6.45, 7) is 3.36. The fourth-order valence-electron chi connectivity index (χ4n) is 2.99. The predicted molar refractivity (Wildman–Crippen MR) is 70.2 cm³/mol. The molecular weight excluding hydrogens is 226 g/mol. The molecule has 1 unspecified atom stereocenters. The van der Waals surface area contributed by atoms with Crippen LogP contribution < -0.4 is 5.73 Å². The smallest absolute Gasteiger partial charge is 0.151 e. The maximum absolute atomic E-state index is 5.97. The lowest BCUT2D eigenvalue weighted by Gasteiger charge is -2.28. The summed E-state index contributed by atoms with van der Waals surface area (Å²) in [6.07, 6.45) is 5.52. The van der Waals surface area contributed by atoms with E-state index in [9.17, 15) is 0 Å². The van der Waals surface area contributed by atoms with Gasteiger partial charge in [0, 0.05) is 25.4 Å². The summed E-state index contributed by atoms with van der Waals surface area (Å²) in [6, 6.07) is 0.276. The molecule has 0 radical (unpaired) electrons. The molecule has 2 aliphatic rings. The molecule has 1 atom stereocenters. The number of nitrogens with zero attached hydrogens (tertiary/aromatic N) is 4. The Bertz CT molecular complexity index is 406. The topological polar surface area (TPSA) is 60.0 Å². The van der Waals surface area contributed by atoms with E-state index in [-0.39, 0.29) is 6.04 Å². The van der Waals surface area contributed by atoms with Crippen LogP contribution in [0.4, 0.5) is 0 Å². The zero-order chi connectivity index (χ0) is 12.5. The third-order valence-corrected chi connectivity index (χ3v) is 4.26. The van der Waals surface area contributed by atoms with E-state index in [4.69, 9.17) is 5.73 Å². The van der Waals surface area contributed by atoms with E-state index in [0.717, 1.165) is 43.4 Å². The van der Waals surface area contributed by atoms with Gasteiger partial charge < -0.3 is 10.6 Å². The molecule has 1 aromatic heterocycles. The highest BCUT2D eigenvalue weighted by Crippen LogP contribution is 2.20. The number of aryl methyl sites for hydroxylation is 1. The molecule has 18 heavy (non-hydrogen) atoms. The Morgan fingerprint density at radius 2 is 2.00 bits per heavy atom. The third-order valence-electron chi connectivity index (χ3n) is 4.26. The second-order valence-corrected chi connectivity index (χ2v) is 5.87. The average Bonchev–Trinajstić information content (AvgIpc) is 2.73. The standard InChI is InChI=1S/C13H23N5/c1-17-5-2-10(3-6-17)8-12-15-13-9-11(14)4-7-18(13)16-12/h10-11H,2-9,14H2,1H3. The molecule has 5 nitrogen and oxygen atoms in total. The maximum atomic E-state index is 5.97. The Hall–Kier alpha value is -0.940. The van der Waals surface area contributed by atoms with Gasteiger partial charge in [-0.25, -0.2) is 9.67 Å². The Labute approximate surface area is 108 Å². The molecule has 3 rings (SSSR count). The van der Waals surface area contributed by atoms with Crippen molar-refractivity contribution >= 4 is 0 Å². The van der Waals surface area contributed by atoms with Gasteiger partial charge in [-0.05, 0) is 45.3 Å². The lowest BCUT2D eigenvalue weighted by molar-refractivity contribution is 0.217. The van der Waals surface area contributed by atoms with Gasteiger partial charge >= 0.3 is 0 Å². The molecule has 0 spiro atoms. The first-order chi connectivity index (χ1) is 8.70. The van der Waals surface area contributed by atoms with Crippen LogP contribution in [-0.4, -0.2) is 45.8 Å². The van der Waals surface area contributed by atoms with Gasteiger partial charge in [-0.3, -0.25) is 0 Å². The van der Waals surface area contributed by atoms with Crippen molar-refractivity contribution in [3.8, 4) is 0 Å². The molecule has 1 saturated heterocycles. The van der Waals surface area contributed by atoms with Crippen molar-refractivity contribution < 1.29 is 0 Å².